The average Bonchev–Trinajstić information content (AvgIpc) is 3.13. The van der Waals surface area contributed by atoms with Gasteiger partial charge in [0.2, 0.25) is 15.9 Å². The van der Waals surface area contributed by atoms with Crippen molar-refractivity contribution in [1.29, 1.82) is 0 Å². The molecule has 8 heteroatoms. The molecule has 0 N–H and O–H groups in total. The van der Waals surface area contributed by atoms with Gasteiger partial charge >= 0.3 is 0 Å². The van der Waals surface area contributed by atoms with Crippen LogP contribution in [0.25, 0.3) is 0 Å². The van der Waals surface area contributed by atoms with E-state index < -0.39 is 10.0 Å². The van der Waals surface area contributed by atoms with Gasteiger partial charge in [-0.3, -0.25) is 4.79 Å². The number of amides is 1. The smallest absolute Gasteiger partial charge is 0.243 e. The fourth-order valence-corrected chi connectivity index (χ4v) is 5.81. The Morgan fingerprint density at radius 1 is 1.16 bits per heavy atom. The number of carbonyl (C=O) groups is 1. The quantitative estimate of drug-likeness (QED) is 0.685. The van der Waals surface area contributed by atoms with Crippen LogP contribution in [0.5, 0.6) is 5.75 Å². The highest BCUT2D eigenvalue weighted by Crippen LogP contribution is 2.33. The van der Waals surface area contributed by atoms with E-state index in [0.717, 1.165) is 12.1 Å². The summed E-state index contributed by atoms with van der Waals surface area (Å²) in [5.41, 5.74) is 2.86. The molecule has 1 fully saturated rings. The first-order valence-corrected chi connectivity index (χ1v) is 12.0. The van der Waals surface area contributed by atoms with Crippen molar-refractivity contribution in [3.8, 4) is 5.75 Å². The molecule has 0 aromatic heterocycles. The van der Waals surface area contributed by atoms with Crippen molar-refractivity contribution in [2.24, 2.45) is 0 Å². The van der Waals surface area contributed by atoms with E-state index >= 15 is 0 Å². The lowest BCUT2D eigenvalue weighted by molar-refractivity contribution is -0.118. The lowest BCUT2D eigenvalue weighted by atomic mass is 10.1. The zero-order chi connectivity index (χ0) is 22.0. The van der Waals surface area contributed by atoms with Crippen LogP contribution in [0, 0.1) is 0 Å². The van der Waals surface area contributed by atoms with E-state index in [1.807, 2.05) is 30.0 Å². The third-order valence-electron chi connectivity index (χ3n) is 5.94. The number of sulfonamides is 1. The van der Waals surface area contributed by atoms with Gasteiger partial charge in [0.15, 0.2) is 0 Å². The molecule has 2 aromatic rings. The molecule has 2 aliphatic rings. The highest BCUT2D eigenvalue weighted by Gasteiger charge is 2.31. The third kappa shape index (κ3) is 4.33. The predicted molar refractivity (Wildman–Crippen MR) is 118 cm³/mol. The van der Waals surface area contributed by atoms with Crippen LogP contribution in [-0.4, -0.2) is 58.1 Å². The lowest BCUT2D eigenvalue weighted by Crippen LogP contribution is -2.40. The van der Waals surface area contributed by atoms with Gasteiger partial charge in [0.25, 0.3) is 0 Å². The first-order valence-electron chi connectivity index (χ1n) is 10.6. The molecular weight excluding hydrogens is 416 g/mol. The van der Waals surface area contributed by atoms with Crippen LogP contribution in [0.1, 0.15) is 24.5 Å². The molecule has 2 aromatic carbocycles. The van der Waals surface area contributed by atoms with Crippen molar-refractivity contribution in [1.82, 2.24) is 4.31 Å². The first-order chi connectivity index (χ1) is 14.9. The summed E-state index contributed by atoms with van der Waals surface area (Å²) in [6, 6.07) is 13.0. The van der Waals surface area contributed by atoms with E-state index in [1.54, 1.807) is 25.3 Å². The number of aryl methyl sites for hydroxylation is 1. The normalized spacial score (nSPS) is 19.3. The summed E-state index contributed by atoms with van der Waals surface area (Å²) in [5, 5.41) is 0. The summed E-state index contributed by atoms with van der Waals surface area (Å²) >= 11 is 0. The topological polar surface area (TPSA) is 76.1 Å². The van der Waals surface area contributed by atoms with E-state index in [9.17, 15) is 13.2 Å². The summed E-state index contributed by atoms with van der Waals surface area (Å²) in [6.07, 6.45) is 1.52. The number of rotatable bonds is 6. The number of hydrogen-bond acceptors (Lipinski definition) is 5. The number of anilines is 1. The van der Waals surface area contributed by atoms with Gasteiger partial charge in [-0.15, -0.1) is 0 Å². The molecule has 0 aliphatic carbocycles. The number of fused-ring (bicyclic) bond motifs is 1. The van der Waals surface area contributed by atoms with Gasteiger partial charge in [-0.05, 0) is 55.2 Å². The molecule has 2 aliphatic heterocycles. The fourth-order valence-electron chi connectivity index (χ4n) is 4.35. The molecule has 31 heavy (non-hydrogen) atoms. The molecule has 0 radical (unpaired) electrons. The molecule has 0 saturated carbocycles. The number of carbonyl (C=O) groups excluding carboxylic acids is 1. The number of morpholine rings is 1. The fraction of sp³-hybridized carbons (Fsp3) is 0.435. The Morgan fingerprint density at radius 2 is 1.90 bits per heavy atom. The van der Waals surface area contributed by atoms with Crippen molar-refractivity contribution >= 4 is 21.6 Å². The van der Waals surface area contributed by atoms with Crippen LogP contribution >= 0.6 is 0 Å². The zero-order valence-corrected chi connectivity index (χ0v) is 18.7. The summed E-state index contributed by atoms with van der Waals surface area (Å²) in [6.45, 7) is 3.52. The second kappa shape index (κ2) is 8.98. The van der Waals surface area contributed by atoms with E-state index in [2.05, 4.69) is 6.07 Å². The minimum absolute atomic E-state index is 0.0287. The Kier molecular flexibility index (Phi) is 6.31. The Balaban J connectivity index is 1.53. The van der Waals surface area contributed by atoms with Crippen LogP contribution in [0.4, 0.5) is 5.69 Å². The van der Waals surface area contributed by atoms with Crippen molar-refractivity contribution in [3.05, 3.63) is 53.6 Å². The highest BCUT2D eigenvalue weighted by molar-refractivity contribution is 7.89. The largest absolute Gasteiger partial charge is 0.496 e. The molecular formula is C23H28N2O5S. The van der Waals surface area contributed by atoms with Gasteiger partial charge in [0.1, 0.15) is 5.75 Å². The number of hydrogen-bond donors (Lipinski definition) is 0. The minimum Gasteiger partial charge on any atom is -0.496 e. The van der Waals surface area contributed by atoms with Crippen molar-refractivity contribution in [2.45, 2.75) is 37.1 Å². The van der Waals surface area contributed by atoms with Crippen LogP contribution in [0.2, 0.25) is 0 Å². The Morgan fingerprint density at radius 3 is 2.65 bits per heavy atom. The molecule has 7 nitrogen and oxygen atoms in total. The van der Waals surface area contributed by atoms with E-state index in [-0.39, 0.29) is 23.3 Å². The first kappa shape index (κ1) is 21.8. The monoisotopic (exact) mass is 444 g/mol. The van der Waals surface area contributed by atoms with Crippen LogP contribution in [0.15, 0.2) is 47.4 Å². The molecule has 1 saturated heterocycles. The number of benzene rings is 2. The highest BCUT2D eigenvalue weighted by atomic mass is 32.2. The molecule has 2 heterocycles. The van der Waals surface area contributed by atoms with Crippen molar-refractivity contribution in [3.63, 3.8) is 0 Å². The molecule has 166 valence electrons. The summed E-state index contributed by atoms with van der Waals surface area (Å²) in [7, 11) is -2.06. The number of nitrogens with zero attached hydrogens (tertiary/aromatic N) is 2. The molecule has 1 atom stereocenters. The molecule has 0 spiro atoms. The van der Waals surface area contributed by atoms with Crippen molar-refractivity contribution < 1.29 is 22.7 Å². The van der Waals surface area contributed by atoms with Gasteiger partial charge in [0, 0.05) is 31.2 Å². The SMILES string of the molecule is COc1ccc(S(=O)(=O)N2CCOCC2)cc1CCC(=O)N1c2ccccc2C[C@H]1C. The van der Waals surface area contributed by atoms with Gasteiger partial charge in [-0.1, -0.05) is 18.2 Å². The average molecular weight is 445 g/mol. The molecule has 0 unspecified atom stereocenters. The van der Waals surface area contributed by atoms with Gasteiger partial charge in [0.05, 0.1) is 25.2 Å². The molecule has 4 rings (SSSR count). The van der Waals surface area contributed by atoms with Gasteiger partial charge < -0.3 is 14.4 Å². The number of ether oxygens (including phenoxy) is 2. The third-order valence-corrected chi connectivity index (χ3v) is 7.84. The second-order valence-electron chi connectivity index (χ2n) is 7.94. The van der Waals surface area contributed by atoms with Crippen LogP contribution in [0.3, 0.4) is 0 Å². The predicted octanol–water partition coefficient (Wildman–Crippen LogP) is 2.63. The summed E-state index contributed by atoms with van der Waals surface area (Å²) < 4.78 is 38.2. The Hall–Kier alpha value is -2.42. The number of methoxy groups -OCH3 is 1. The maximum Gasteiger partial charge on any atom is 0.243 e. The Labute approximate surface area is 183 Å². The van der Waals surface area contributed by atoms with E-state index in [4.69, 9.17) is 9.47 Å². The lowest BCUT2D eigenvalue weighted by Gasteiger charge is -2.26. The number of para-hydroxylation sites is 1. The van der Waals surface area contributed by atoms with Crippen LogP contribution < -0.4 is 9.64 Å². The molecule has 0 bridgehead atoms. The van der Waals surface area contributed by atoms with Crippen LogP contribution in [-0.2, 0) is 32.4 Å². The second-order valence-corrected chi connectivity index (χ2v) is 9.87. The standard InChI is InChI=1S/C23H28N2O5S/c1-17-15-18-5-3-4-6-21(18)25(17)23(26)10-7-19-16-20(8-9-22(19)29-2)31(27,28)24-11-13-30-14-12-24/h3-6,8-9,16-17H,7,10-15H2,1-2H3/t17-/m1/s1. The maximum atomic E-state index is 13.1. The molecule has 1 amide bonds. The maximum absolute atomic E-state index is 13.1. The minimum atomic E-state index is -3.61. The summed E-state index contributed by atoms with van der Waals surface area (Å²) in [4.78, 5) is 15.1. The van der Waals surface area contributed by atoms with E-state index in [1.165, 1.54) is 9.87 Å². The van der Waals surface area contributed by atoms with Gasteiger partial charge in [-0.25, -0.2) is 8.42 Å². The van der Waals surface area contributed by atoms with Crippen molar-refractivity contribution in [2.75, 3.05) is 38.3 Å². The Bertz CT molecular complexity index is 1060. The van der Waals surface area contributed by atoms with E-state index in [0.29, 0.717) is 44.0 Å². The van der Waals surface area contributed by atoms with Gasteiger partial charge in [-0.2, -0.15) is 4.31 Å². The zero-order valence-electron chi connectivity index (χ0n) is 17.9. The summed E-state index contributed by atoms with van der Waals surface area (Å²) in [5.74, 6) is 0.615.